The molecule has 0 aliphatic heterocycles. The second-order valence-corrected chi connectivity index (χ2v) is 6.70. The van der Waals surface area contributed by atoms with E-state index in [4.69, 9.17) is 4.52 Å². The van der Waals surface area contributed by atoms with Gasteiger partial charge in [-0.3, -0.25) is 9.59 Å². The number of hydrogen-bond acceptors (Lipinski definition) is 5. The molecule has 2 N–H and O–H groups in total. The van der Waals surface area contributed by atoms with Crippen LogP contribution < -0.4 is 10.6 Å². The van der Waals surface area contributed by atoms with E-state index in [1.807, 2.05) is 26.0 Å². The molecule has 0 radical (unpaired) electrons. The average molecular weight is 366 g/mol. The number of carbonyl (C=O) groups is 2. The molecule has 27 heavy (non-hydrogen) atoms. The summed E-state index contributed by atoms with van der Waals surface area (Å²) >= 11 is 0. The zero-order valence-corrected chi connectivity index (χ0v) is 15.8. The van der Waals surface area contributed by atoms with Crippen molar-refractivity contribution in [1.29, 1.82) is 0 Å². The molecule has 0 atom stereocenters. The monoisotopic (exact) mass is 366 g/mol. The van der Waals surface area contributed by atoms with Gasteiger partial charge in [0, 0.05) is 18.4 Å². The second-order valence-electron chi connectivity index (χ2n) is 6.70. The lowest BCUT2D eigenvalue weighted by Crippen LogP contribution is -2.19. The van der Waals surface area contributed by atoms with Crippen molar-refractivity contribution in [3.8, 4) is 0 Å². The minimum Gasteiger partial charge on any atom is -0.359 e. The van der Waals surface area contributed by atoms with Crippen molar-refractivity contribution in [3.63, 3.8) is 0 Å². The molecule has 0 fully saturated rings. The Kier molecular flexibility index (Phi) is 5.21. The van der Waals surface area contributed by atoms with Gasteiger partial charge in [0.05, 0.1) is 23.1 Å². The van der Waals surface area contributed by atoms with Gasteiger partial charge in [-0.1, -0.05) is 31.1 Å². The smallest absolute Gasteiger partial charge is 0.259 e. The maximum atomic E-state index is 12.9. The highest BCUT2D eigenvalue weighted by atomic mass is 16.5. The Morgan fingerprint density at radius 3 is 2.52 bits per heavy atom. The Morgan fingerprint density at radius 1 is 1.19 bits per heavy atom. The number of hydrogen-bond donors (Lipinski definition) is 2. The maximum absolute atomic E-state index is 12.9. The zero-order valence-electron chi connectivity index (χ0n) is 15.8. The third-order valence-corrected chi connectivity index (χ3v) is 4.33. The molecule has 0 saturated carbocycles. The number of anilines is 1. The van der Waals surface area contributed by atoms with Gasteiger partial charge in [0.15, 0.2) is 0 Å². The van der Waals surface area contributed by atoms with Gasteiger partial charge in [-0.15, -0.1) is 0 Å². The summed E-state index contributed by atoms with van der Waals surface area (Å²) in [4.78, 5) is 28.8. The van der Waals surface area contributed by atoms with Crippen molar-refractivity contribution >= 4 is 28.6 Å². The first-order valence-corrected chi connectivity index (χ1v) is 8.76. The summed E-state index contributed by atoms with van der Waals surface area (Å²) in [5, 5.41) is 10.0. The Balaban J connectivity index is 1.88. The largest absolute Gasteiger partial charge is 0.359 e. The average Bonchev–Trinajstić information content (AvgIpc) is 3.03. The Hall–Kier alpha value is -3.22. The number of aromatic nitrogens is 2. The molecule has 1 aromatic carbocycles. The molecular weight excluding hydrogens is 344 g/mol. The van der Waals surface area contributed by atoms with Gasteiger partial charge in [-0.05, 0) is 36.6 Å². The normalized spacial score (nSPS) is 11.0. The first-order valence-electron chi connectivity index (χ1n) is 8.76. The number of nitrogens with zero attached hydrogens (tertiary/aromatic N) is 2. The van der Waals surface area contributed by atoms with Gasteiger partial charge in [0.2, 0.25) is 5.91 Å². The molecule has 2 heterocycles. The molecule has 0 unspecified atom stereocenters. The van der Waals surface area contributed by atoms with Crippen LogP contribution in [0.1, 0.15) is 47.1 Å². The van der Waals surface area contributed by atoms with E-state index in [9.17, 15) is 9.59 Å². The van der Waals surface area contributed by atoms with E-state index in [1.165, 1.54) is 0 Å². The molecule has 7 heteroatoms. The van der Waals surface area contributed by atoms with E-state index in [1.54, 1.807) is 32.2 Å². The first-order chi connectivity index (χ1) is 12.9. The molecule has 3 rings (SSSR count). The minimum atomic E-state index is -0.255. The quantitative estimate of drug-likeness (QED) is 0.723. The fourth-order valence-corrected chi connectivity index (χ4v) is 2.77. The number of likely N-dealkylation sites (N-methyl/N-ethyl adjacent to an activating group) is 1. The lowest BCUT2D eigenvalue weighted by Gasteiger charge is -2.10. The molecule has 0 spiro atoms. The van der Waals surface area contributed by atoms with E-state index in [0.29, 0.717) is 34.5 Å². The van der Waals surface area contributed by atoms with E-state index in [-0.39, 0.29) is 17.7 Å². The maximum Gasteiger partial charge on any atom is 0.259 e. The van der Waals surface area contributed by atoms with Crippen LogP contribution in [0.4, 0.5) is 5.69 Å². The number of nitrogens with one attached hydrogen (secondary N) is 2. The van der Waals surface area contributed by atoms with Crippen LogP contribution >= 0.6 is 0 Å². The fourth-order valence-electron chi connectivity index (χ4n) is 2.77. The topological polar surface area (TPSA) is 97.1 Å². The van der Waals surface area contributed by atoms with Crippen molar-refractivity contribution in [2.45, 2.75) is 33.1 Å². The zero-order chi connectivity index (χ0) is 19.6. The van der Waals surface area contributed by atoms with E-state index in [2.05, 4.69) is 20.8 Å². The van der Waals surface area contributed by atoms with Crippen molar-refractivity contribution in [3.05, 3.63) is 52.8 Å². The summed E-state index contributed by atoms with van der Waals surface area (Å²) in [6.07, 6.45) is 0.299. The molecule has 3 aromatic rings. The molecule has 0 aliphatic carbocycles. The van der Waals surface area contributed by atoms with Gasteiger partial charge in [0.1, 0.15) is 0 Å². The number of carbonyl (C=O) groups excluding carboxylic acids is 2. The first kappa shape index (κ1) is 18.6. The molecule has 7 nitrogen and oxygen atoms in total. The van der Waals surface area contributed by atoms with E-state index in [0.717, 1.165) is 11.3 Å². The van der Waals surface area contributed by atoms with E-state index < -0.39 is 0 Å². The summed E-state index contributed by atoms with van der Waals surface area (Å²) in [6, 6.07) is 8.97. The van der Waals surface area contributed by atoms with Crippen LogP contribution in [-0.2, 0) is 11.2 Å². The van der Waals surface area contributed by atoms with Crippen LogP contribution in [0.15, 0.2) is 34.9 Å². The molecule has 140 valence electrons. The SMILES string of the molecule is CNC(=O)Cc1ccc(NC(=O)c2cc(C(C)C)nc3onc(C)c23)cc1. The lowest BCUT2D eigenvalue weighted by molar-refractivity contribution is -0.119. The minimum absolute atomic E-state index is 0.0601. The van der Waals surface area contributed by atoms with Gasteiger partial charge in [-0.2, -0.15) is 0 Å². The predicted molar refractivity (Wildman–Crippen MR) is 103 cm³/mol. The standard InChI is InChI=1S/C20H22N4O3/c1-11(2)16-10-15(18-12(3)24-27-20(18)23-16)19(26)22-14-7-5-13(6-8-14)9-17(25)21-4/h5-8,10-11H,9H2,1-4H3,(H,21,25)(H,22,26). The number of rotatable bonds is 5. The number of pyridine rings is 1. The van der Waals surface area contributed by atoms with Crippen LogP contribution in [0, 0.1) is 6.92 Å². The van der Waals surface area contributed by atoms with E-state index >= 15 is 0 Å². The van der Waals surface area contributed by atoms with Crippen LogP contribution in [0.25, 0.3) is 11.1 Å². The molecule has 2 amide bonds. The molecular formula is C20H22N4O3. The summed E-state index contributed by atoms with van der Waals surface area (Å²) < 4.78 is 5.26. The summed E-state index contributed by atoms with van der Waals surface area (Å²) in [6.45, 7) is 5.79. The number of fused-ring (bicyclic) bond motifs is 1. The molecule has 0 bridgehead atoms. The number of aryl methyl sites for hydroxylation is 1. The summed E-state index contributed by atoms with van der Waals surface area (Å²) in [5.74, 6) is -0.167. The van der Waals surface area contributed by atoms with Crippen molar-refractivity contribution < 1.29 is 14.1 Å². The van der Waals surface area contributed by atoms with Gasteiger partial charge in [-0.25, -0.2) is 4.98 Å². The third kappa shape index (κ3) is 3.97. The Bertz CT molecular complexity index is 990. The van der Waals surface area contributed by atoms with Crippen LogP contribution in [-0.4, -0.2) is 29.0 Å². The summed E-state index contributed by atoms with van der Waals surface area (Å²) in [7, 11) is 1.60. The van der Waals surface area contributed by atoms with Gasteiger partial charge in [0.25, 0.3) is 11.6 Å². The highest BCUT2D eigenvalue weighted by molar-refractivity contribution is 6.12. The number of amides is 2. The van der Waals surface area contributed by atoms with Gasteiger partial charge >= 0.3 is 0 Å². The highest BCUT2D eigenvalue weighted by Gasteiger charge is 2.20. The molecule has 2 aromatic heterocycles. The number of benzene rings is 1. The van der Waals surface area contributed by atoms with Crippen molar-refractivity contribution in [1.82, 2.24) is 15.5 Å². The van der Waals surface area contributed by atoms with Crippen LogP contribution in [0.5, 0.6) is 0 Å². The third-order valence-electron chi connectivity index (χ3n) is 4.33. The Labute approximate surface area is 157 Å². The molecule has 0 saturated heterocycles. The van der Waals surface area contributed by atoms with Crippen molar-refractivity contribution in [2.75, 3.05) is 12.4 Å². The summed E-state index contributed by atoms with van der Waals surface area (Å²) in [5.41, 5.74) is 3.76. The van der Waals surface area contributed by atoms with Crippen molar-refractivity contribution in [2.24, 2.45) is 0 Å². The molecule has 0 aliphatic rings. The van der Waals surface area contributed by atoms with Gasteiger partial charge < -0.3 is 15.2 Å². The lowest BCUT2D eigenvalue weighted by atomic mass is 10.0. The van der Waals surface area contributed by atoms with Crippen LogP contribution in [0.2, 0.25) is 0 Å². The highest BCUT2D eigenvalue weighted by Crippen LogP contribution is 2.26. The second kappa shape index (κ2) is 7.57. The predicted octanol–water partition coefficient (Wildman–Crippen LogP) is 3.20. The Morgan fingerprint density at radius 2 is 1.89 bits per heavy atom. The van der Waals surface area contributed by atoms with Crippen LogP contribution in [0.3, 0.4) is 0 Å². The fraction of sp³-hybridized carbons (Fsp3) is 0.300.